The van der Waals surface area contributed by atoms with E-state index in [2.05, 4.69) is 0 Å². The van der Waals surface area contributed by atoms with E-state index >= 15 is 0 Å². The summed E-state index contributed by atoms with van der Waals surface area (Å²) >= 11 is 6.07. The molecule has 0 radical (unpaired) electrons. The standard InChI is InChI=1S/C16H16ClFOS/c1-12(14-7-3-5-9-16(14)18)20(19)11-10-13-6-2-4-8-15(13)17/h2-9,12H,10-11H2,1H3/t12-,20+/m1/s1. The number of aryl methyl sites for hydroxylation is 1. The number of rotatable bonds is 5. The van der Waals surface area contributed by atoms with Gasteiger partial charge in [-0.05, 0) is 31.0 Å². The Bertz CT molecular complexity index is 615. The van der Waals surface area contributed by atoms with Gasteiger partial charge in [0.05, 0.1) is 5.25 Å². The van der Waals surface area contributed by atoms with Gasteiger partial charge in [0.1, 0.15) is 5.82 Å². The van der Waals surface area contributed by atoms with Crippen molar-refractivity contribution in [1.82, 2.24) is 0 Å². The molecule has 4 heteroatoms. The first-order valence-electron chi connectivity index (χ1n) is 6.44. The van der Waals surface area contributed by atoms with E-state index in [1.807, 2.05) is 24.3 Å². The summed E-state index contributed by atoms with van der Waals surface area (Å²) in [5, 5.41) is 0.363. The molecule has 106 valence electrons. The van der Waals surface area contributed by atoms with E-state index in [1.165, 1.54) is 6.07 Å². The highest BCUT2D eigenvalue weighted by atomic mass is 35.5. The number of hydrogen-bond acceptors (Lipinski definition) is 1. The second-order valence-corrected chi connectivity index (χ2v) is 6.87. The minimum absolute atomic E-state index is 0.300. The third kappa shape index (κ3) is 3.68. The molecule has 0 amide bonds. The molecule has 0 bridgehead atoms. The van der Waals surface area contributed by atoms with E-state index in [4.69, 9.17) is 11.6 Å². The summed E-state index contributed by atoms with van der Waals surface area (Å²) in [7, 11) is -1.13. The molecule has 2 aromatic rings. The van der Waals surface area contributed by atoms with Crippen LogP contribution in [-0.2, 0) is 17.2 Å². The van der Waals surface area contributed by atoms with E-state index in [9.17, 15) is 8.60 Å². The molecule has 0 spiro atoms. The van der Waals surface area contributed by atoms with Crippen molar-refractivity contribution in [3.05, 3.63) is 70.5 Å². The van der Waals surface area contributed by atoms with Gasteiger partial charge in [-0.3, -0.25) is 4.21 Å². The van der Waals surface area contributed by atoms with Crippen LogP contribution < -0.4 is 0 Å². The molecule has 0 aliphatic heterocycles. The smallest absolute Gasteiger partial charge is 0.127 e. The van der Waals surface area contributed by atoms with Crippen LogP contribution in [0, 0.1) is 5.82 Å². The van der Waals surface area contributed by atoms with E-state index in [-0.39, 0.29) is 11.1 Å². The first kappa shape index (κ1) is 15.2. The lowest BCUT2D eigenvalue weighted by Gasteiger charge is -2.13. The molecule has 0 saturated heterocycles. The second kappa shape index (κ2) is 7.00. The van der Waals surface area contributed by atoms with Crippen molar-refractivity contribution < 1.29 is 8.60 Å². The Morgan fingerprint density at radius 1 is 1.15 bits per heavy atom. The third-order valence-electron chi connectivity index (χ3n) is 3.27. The van der Waals surface area contributed by atoms with E-state index in [1.54, 1.807) is 25.1 Å². The van der Waals surface area contributed by atoms with Crippen molar-refractivity contribution >= 4 is 22.4 Å². The lowest BCUT2D eigenvalue weighted by atomic mass is 10.1. The van der Waals surface area contributed by atoms with Gasteiger partial charge in [-0.15, -0.1) is 0 Å². The van der Waals surface area contributed by atoms with Crippen molar-refractivity contribution in [2.45, 2.75) is 18.6 Å². The fourth-order valence-electron chi connectivity index (χ4n) is 2.03. The van der Waals surface area contributed by atoms with Crippen molar-refractivity contribution in [2.24, 2.45) is 0 Å². The average Bonchev–Trinajstić information content (AvgIpc) is 2.46. The van der Waals surface area contributed by atoms with Gasteiger partial charge >= 0.3 is 0 Å². The number of benzene rings is 2. The van der Waals surface area contributed by atoms with Gasteiger partial charge in [0.2, 0.25) is 0 Å². The summed E-state index contributed by atoms with van der Waals surface area (Å²) in [6.07, 6.45) is 0.630. The predicted octanol–water partition coefficient (Wildman–Crippen LogP) is 4.53. The van der Waals surface area contributed by atoms with Gasteiger partial charge in [0.15, 0.2) is 0 Å². The lowest BCUT2D eigenvalue weighted by molar-refractivity contribution is 0.606. The third-order valence-corrected chi connectivity index (χ3v) is 5.29. The Labute approximate surface area is 126 Å². The maximum absolute atomic E-state index is 13.7. The summed E-state index contributed by atoms with van der Waals surface area (Å²) in [5.74, 6) is 0.172. The molecular formula is C16H16ClFOS. The van der Waals surface area contributed by atoms with Crippen molar-refractivity contribution in [1.29, 1.82) is 0 Å². The lowest BCUT2D eigenvalue weighted by Crippen LogP contribution is -2.10. The summed E-state index contributed by atoms with van der Waals surface area (Å²) in [5.41, 5.74) is 1.48. The summed E-state index contributed by atoms with van der Waals surface area (Å²) in [6, 6.07) is 14.0. The monoisotopic (exact) mass is 310 g/mol. The molecule has 0 heterocycles. The molecule has 20 heavy (non-hydrogen) atoms. The fourth-order valence-corrected chi connectivity index (χ4v) is 3.51. The Morgan fingerprint density at radius 2 is 1.80 bits per heavy atom. The van der Waals surface area contributed by atoms with E-state index in [0.717, 1.165) is 5.56 Å². The van der Waals surface area contributed by atoms with Gasteiger partial charge in [-0.25, -0.2) is 4.39 Å². The van der Waals surface area contributed by atoms with Gasteiger partial charge < -0.3 is 0 Å². The van der Waals surface area contributed by atoms with Gasteiger partial charge in [-0.2, -0.15) is 0 Å². The van der Waals surface area contributed by atoms with Crippen LogP contribution in [0.15, 0.2) is 48.5 Å². The average molecular weight is 311 g/mol. The molecule has 2 rings (SSSR count). The normalized spacial score (nSPS) is 13.9. The minimum Gasteiger partial charge on any atom is -0.259 e. The molecule has 0 aliphatic carbocycles. The first-order chi connectivity index (χ1) is 9.59. The molecule has 2 atom stereocenters. The van der Waals surface area contributed by atoms with Gasteiger partial charge in [0, 0.05) is 27.1 Å². The Hall–Kier alpha value is -1.19. The zero-order chi connectivity index (χ0) is 14.5. The van der Waals surface area contributed by atoms with Crippen molar-refractivity contribution in [3.8, 4) is 0 Å². The highest BCUT2D eigenvalue weighted by Gasteiger charge is 2.17. The SMILES string of the molecule is C[C@H](c1ccccc1F)[S@@](=O)CCc1ccccc1Cl. The zero-order valence-electron chi connectivity index (χ0n) is 11.2. The van der Waals surface area contributed by atoms with Crippen molar-refractivity contribution in [3.63, 3.8) is 0 Å². The maximum Gasteiger partial charge on any atom is 0.127 e. The van der Waals surface area contributed by atoms with Crippen LogP contribution in [-0.4, -0.2) is 9.96 Å². The Morgan fingerprint density at radius 3 is 2.50 bits per heavy atom. The van der Waals surface area contributed by atoms with Crippen LogP contribution in [0.1, 0.15) is 23.3 Å². The molecule has 0 fully saturated rings. The highest BCUT2D eigenvalue weighted by molar-refractivity contribution is 7.85. The van der Waals surface area contributed by atoms with Crippen LogP contribution in [0.25, 0.3) is 0 Å². The van der Waals surface area contributed by atoms with Crippen LogP contribution in [0.2, 0.25) is 5.02 Å². The predicted molar refractivity (Wildman–Crippen MR) is 83.0 cm³/mol. The molecule has 0 unspecified atom stereocenters. The highest BCUT2D eigenvalue weighted by Crippen LogP contribution is 2.23. The van der Waals surface area contributed by atoms with Gasteiger partial charge in [-0.1, -0.05) is 48.0 Å². The van der Waals surface area contributed by atoms with Crippen LogP contribution in [0.5, 0.6) is 0 Å². The van der Waals surface area contributed by atoms with Crippen LogP contribution >= 0.6 is 11.6 Å². The molecular weight excluding hydrogens is 295 g/mol. The molecule has 0 aromatic heterocycles. The topological polar surface area (TPSA) is 17.1 Å². The van der Waals surface area contributed by atoms with Crippen molar-refractivity contribution in [2.75, 3.05) is 5.75 Å². The zero-order valence-corrected chi connectivity index (χ0v) is 12.8. The molecule has 2 aromatic carbocycles. The number of hydrogen-bond donors (Lipinski definition) is 0. The van der Waals surface area contributed by atoms with Crippen LogP contribution in [0.3, 0.4) is 0 Å². The number of halogens is 2. The summed E-state index contributed by atoms with van der Waals surface area (Å²) < 4.78 is 26.0. The minimum atomic E-state index is -1.13. The Balaban J connectivity index is 2.02. The molecule has 0 aliphatic rings. The Kier molecular flexibility index (Phi) is 5.32. The van der Waals surface area contributed by atoms with Crippen LogP contribution in [0.4, 0.5) is 4.39 Å². The van der Waals surface area contributed by atoms with E-state index in [0.29, 0.717) is 22.8 Å². The second-order valence-electron chi connectivity index (χ2n) is 4.59. The fraction of sp³-hybridized carbons (Fsp3) is 0.250. The maximum atomic E-state index is 13.7. The molecule has 0 saturated carbocycles. The largest absolute Gasteiger partial charge is 0.259 e. The summed E-state index contributed by atoms with van der Waals surface area (Å²) in [4.78, 5) is 0. The first-order valence-corrected chi connectivity index (χ1v) is 8.20. The molecule has 0 N–H and O–H groups in total. The quantitative estimate of drug-likeness (QED) is 0.793. The van der Waals surface area contributed by atoms with Gasteiger partial charge in [0.25, 0.3) is 0 Å². The summed E-state index contributed by atoms with van der Waals surface area (Å²) in [6.45, 7) is 1.79. The van der Waals surface area contributed by atoms with E-state index < -0.39 is 10.8 Å². The molecule has 1 nitrogen and oxygen atoms in total.